The third kappa shape index (κ3) is 5.61. The topological polar surface area (TPSA) is 75.1 Å². The highest BCUT2D eigenvalue weighted by molar-refractivity contribution is 5.90. The number of aliphatic hydroxyl groups is 1. The van der Waals surface area contributed by atoms with Gasteiger partial charge in [0.15, 0.2) is 5.82 Å². The number of carbonyl (C=O) groups is 1. The van der Waals surface area contributed by atoms with Crippen LogP contribution in [0.15, 0.2) is 30.5 Å². The Morgan fingerprint density at radius 3 is 2.54 bits per heavy atom. The molecule has 0 unspecified atom stereocenters. The molecule has 5 heteroatoms. The van der Waals surface area contributed by atoms with Crippen molar-refractivity contribution in [2.24, 2.45) is 11.8 Å². The van der Waals surface area contributed by atoms with Crippen LogP contribution in [0, 0.1) is 11.8 Å². The zero-order chi connectivity index (χ0) is 19.9. The number of hydrogen-bond donors (Lipinski definition) is 2. The first-order valence-corrected chi connectivity index (χ1v) is 10.4. The number of anilines is 1. The lowest BCUT2D eigenvalue weighted by Crippen LogP contribution is -2.19. The molecule has 28 heavy (non-hydrogen) atoms. The molecule has 1 aromatic carbocycles. The second-order valence-electron chi connectivity index (χ2n) is 8.26. The summed E-state index contributed by atoms with van der Waals surface area (Å²) in [6.07, 6.45) is 9.36. The third-order valence-corrected chi connectivity index (χ3v) is 5.34. The molecule has 1 aromatic heterocycles. The number of aromatic nitrogens is 2. The standard InChI is InChI=1S/C23H31N3O2/c1-16(2)12-22(28)26-23-20(13-17-6-4-3-5-7-17)25-21(14-24-23)19-10-8-18(15-27)9-11-19/h8-11,14,16-17,27H,3-7,12-13,15H2,1-2H3,(H,24,26,28). The summed E-state index contributed by atoms with van der Waals surface area (Å²) in [5, 5.41) is 12.2. The van der Waals surface area contributed by atoms with E-state index in [1.807, 2.05) is 38.1 Å². The van der Waals surface area contributed by atoms with Gasteiger partial charge < -0.3 is 10.4 Å². The summed E-state index contributed by atoms with van der Waals surface area (Å²) in [7, 11) is 0. The number of carbonyl (C=O) groups excluding carboxylic acids is 1. The normalized spacial score (nSPS) is 15.0. The van der Waals surface area contributed by atoms with E-state index in [1.54, 1.807) is 6.20 Å². The average Bonchev–Trinajstić information content (AvgIpc) is 2.69. The second-order valence-corrected chi connectivity index (χ2v) is 8.26. The van der Waals surface area contributed by atoms with E-state index < -0.39 is 0 Å². The van der Waals surface area contributed by atoms with Gasteiger partial charge in [0.2, 0.25) is 5.91 Å². The van der Waals surface area contributed by atoms with Crippen LogP contribution in [0.25, 0.3) is 11.3 Å². The van der Waals surface area contributed by atoms with Crippen LogP contribution in [-0.2, 0) is 17.8 Å². The van der Waals surface area contributed by atoms with Crippen molar-refractivity contribution in [3.8, 4) is 11.3 Å². The number of hydrogen-bond acceptors (Lipinski definition) is 4. The molecule has 5 nitrogen and oxygen atoms in total. The van der Waals surface area contributed by atoms with Gasteiger partial charge >= 0.3 is 0 Å². The minimum Gasteiger partial charge on any atom is -0.392 e. The smallest absolute Gasteiger partial charge is 0.225 e. The van der Waals surface area contributed by atoms with E-state index in [1.165, 1.54) is 32.1 Å². The summed E-state index contributed by atoms with van der Waals surface area (Å²) < 4.78 is 0. The lowest BCUT2D eigenvalue weighted by molar-refractivity contribution is -0.116. The van der Waals surface area contributed by atoms with E-state index in [4.69, 9.17) is 4.98 Å². The number of benzene rings is 1. The Hall–Kier alpha value is -2.27. The molecule has 0 spiro atoms. The van der Waals surface area contributed by atoms with Crippen molar-refractivity contribution in [3.63, 3.8) is 0 Å². The van der Waals surface area contributed by atoms with Gasteiger partial charge in [0.25, 0.3) is 0 Å². The fourth-order valence-corrected chi connectivity index (χ4v) is 3.81. The van der Waals surface area contributed by atoms with Gasteiger partial charge in [-0.15, -0.1) is 0 Å². The minimum absolute atomic E-state index is 0.00533. The highest BCUT2D eigenvalue weighted by Gasteiger charge is 2.19. The van der Waals surface area contributed by atoms with Gasteiger partial charge in [-0.1, -0.05) is 70.2 Å². The van der Waals surface area contributed by atoms with Gasteiger partial charge in [-0.3, -0.25) is 4.79 Å². The first-order chi connectivity index (χ1) is 13.5. The summed E-state index contributed by atoms with van der Waals surface area (Å²) in [4.78, 5) is 21.7. The van der Waals surface area contributed by atoms with E-state index in [-0.39, 0.29) is 12.5 Å². The molecule has 3 rings (SSSR count). The van der Waals surface area contributed by atoms with E-state index in [0.717, 1.165) is 28.9 Å². The molecule has 2 aromatic rings. The largest absolute Gasteiger partial charge is 0.392 e. The van der Waals surface area contributed by atoms with Crippen LogP contribution in [-0.4, -0.2) is 21.0 Å². The van der Waals surface area contributed by atoms with E-state index in [9.17, 15) is 9.90 Å². The van der Waals surface area contributed by atoms with Crippen LogP contribution in [0.3, 0.4) is 0 Å². The zero-order valence-corrected chi connectivity index (χ0v) is 16.9. The van der Waals surface area contributed by atoms with Crippen LogP contribution >= 0.6 is 0 Å². The maximum absolute atomic E-state index is 12.3. The Bertz CT molecular complexity index is 781. The molecule has 1 aliphatic rings. The zero-order valence-electron chi connectivity index (χ0n) is 16.9. The van der Waals surface area contributed by atoms with Gasteiger partial charge in [0.1, 0.15) is 0 Å². The van der Waals surface area contributed by atoms with Gasteiger partial charge in [0, 0.05) is 12.0 Å². The molecule has 0 saturated heterocycles. The van der Waals surface area contributed by atoms with Crippen LogP contribution in [0.1, 0.15) is 63.6 Å². The van der Waals surface area contributed by atoms with Crippen molar-refractivity contribution < 1.29 is 9.90 Å². The van der Waals surface area contributed by atoms with Crippen LogP contribution in [0.4, 0.5) is 5.82 Å². The molecule has 0 atom stereocenters. The number of nitrogens with one attached hydrogen (secondary N) is 1. The average molecular weight is 382 g/mol. The lowest BCUT2D eigenvalue weighted by Gasteiger charge is -2.22. The van der Waals surface area contributed by atoms with Crippen LogP contribution in [0.2, 0.25) is 0 Å². The summed E-state index contributed by atoms with van der Waals surface area (Å²) >= 11 is 0. The summed E-state index contributed by atoms with van der Waals surface area (Å²) in [5.74, 6) is 1.51. The van der Waals surface area contributed by atoms with E-state index in [0.29, 0.717) is 24.1 Å². The van der Waals surface area contributed by atoms with Gasteiger partial charge in [-0.2, -0.15) is 0 Å². The number of amides is 1. The van der Waals surface area contributed by atoms with Gasteiger partial charge in [-0.25, -0.2) is 9.97 Å². The molecule has 1 aliphatic carbocycles. The molecular formula is C23H31N3O2. The molecule has 0 bridgehead atoms. The highest BCUT2D eigenvalue weighted by atomic mass is 16.3. The van der Waals surface area contributed by atoms with Gasteiger partial charge in [0.05, 0.1) is 24.2 Å². The predicted molar refractivity (Wildman–Crippen MR) is 112 cm³/mol. The van der Waals surface area contributed by atoms with Crippen molar-refractivity contribution in [3.05, 3.63) is 41.7 Å². The van der Waals surface area contributed by atoms with Crippen molar-refractivity contribution >= 4 is 11.7 Å². The second kappa shape index (κ2) is 9.78. The van der Waals surface area contributed by atoms with Gasteiger partial charge in [-0.05, 0) is 23.8 Å². The molecule has 2 N–H and O–H groups in total. The number of rotatable bonds is 7. The van der Waals surface area contributed by atoms with Crippen LogP contribution in [0.5, 0.6) is 0 Å². The van der Waals surface area contributed by atoms with Crippen molar-refractivity contribution in [1.29, 1.82) is 0 Å². The number of aliphatic hydroxyl groups excluding tert-OH is 1. The Balaban J connectivity index is 1.86. The van der Waals surface area contributed by atoms with E-state index in [2.05, 4.69) is 10.3 Å². The molecule has 1 heterocycles. The molecule has 1 amide bonds. The monoisotopic (exact) mass is 381 g/mol. The Morgan fingerprint density at radius 1 is 1.18 bits per heavy atom. The molecule has 1 saturated carbocycles. The summed E-state index contributed by atoms with van der Waals surface area (Å²) in [6, 6.07) is 7.71. The first-order valence-electron chi connectivity index (χ1n) is 10.4. The predicted octanol–water partition coefficient (Wildman–Crippen LogP) is 4.74. The van der Waals surface area contributed by atoms with E-state index >= 15 is 0 Å². The minimum atomic E-state index is -0.00533. The summed E-state index contributed by atoms with van der Waals surface area (Å²) in [5.41, 5.74) is 3.52. The molecule has 0 aliphatic heterocycles. The molecule has 150 valence electrons. The Labute approximate surface area is 167 Å². The fraction of sp³-hybridized carbons (Fsp3) is 0.522. The lowest BCUT2D eigenvalue weighted by atomic mass is 9.86. The van der Waals surface area contributed by atoms with Crippen LogP contribution < -0.4 is 5.32 Å². The Kier molecular flexibility index (Phi) is 7.15. The molecule has 0 radical (unpaired) electrons. The molecular weight excluding hydrogens is 350 g/mol. The van der Waals surface area contributed by atoms with Crippen molar-refractivity contribution in [2.75, 3.05) is 5.32 Å². The van der Waals surface area contributed by atoms with Crippen molar-refractivity contribution in [2.45, 2.75) is 65.4 Å². The fourth-order valence-electron chi connectivity index (χ4n) is 3.81. The summed E-state index contributed by atoms with van der Waals surface area (Å²) in [6.45, 7) is 4.10. The maximum Gasteiger partial charge on any atom is 0.225 e. The molecule has 1 fully saturated rings. The number of nitrogens with zero attached hydrogens (tertiary/aromatic N) is 2. The first kappa shape index (κ1) is 20.5. The quantitative estimate of drug-likeness (QED) is 0.726. The Morgan fingerprint density at radius 2 is 1.89 bits per heavy atom. The highest BCUT2D eigenvalue weighted by Crippen LogP contribution is 2.29. The SMILES string of the molecule is CC(C)CC(=O)Nc1ncc(-c2ccc(CO)cc2)nc1CC1CCCCC1. The maximum atomic E-state index is 12.3. The van der Waals surface area contributed by atoms with Crippen molar-refractivity contribution in [1.82, 2.24) is 9.97 Å². The third-order valence-electron chi connectivity index (χ3n) is 5.34.